The van der Waals surface area contributed by atoms with Crippen LogP contribution in [0.15, 0.2) is 12.4 Å². The maximum Gasteiger partial charge on any atom is 0.482 e. The summed E-state index contributed by atoms with van der Waals surface area (Å²) in [6.07, 6.45) is 1.76. The van der Waals surface area contributed by atoms with Crippen LogP contribution < -0.4 is 0 Å². The third-order valence-corrected chi connectivity index (χ3v) is 1.23. The minimum Gasteiger partial charge on any atom is -0.449 e. The summed E-state index contributed by atoms with van der Waals surface area (Å²) >= 11 is 0. The Kier molecular flexibility index (Phi) is 1.93. The highest BCUT2D eigenvalue weighted by Crippen LogP contribution is 2.14. The van der Waals surface area contributed by atoms with Crippen LogP contribution in [0.2, 0.25) is 0 Å². The first-order valence-electron chi connectivity index (χ1n) is 3.16. The molecule has 0 saturated carbocycles. The summed E-state index contributed by atoms with van der Waals surface area (Å²) in [4.78, 5) is 0. The Morgan fingerprint density at radius 3 is 2.55 bits per heavy atom. The maximum absolute atomic E-state index is 11.8. The number of hydrogen-bond donors (Lipinski definition) is 0. The van der Waals surface area contributed by atoms with Crippen molar-refractivity contribution in [3.63, 3.8) is 0 Å². The molecule has 0 bridgehead atoms. The molecule has 0 saturated heterocycles. The fraction of sp³-hybridized carbons (Fsp3) is 0.400. The van der Waals surface area contributed by atoms with Gasteiger partial charge < -0.3 is 12.9 Å². The molecule has 0 unspecified atom stereocenters. The van der Waals surface area contributed by atoms with Gasteiger partial charge in [-0.05, 0) is 5.56 Å². The van der Waals surface area contributed by atoms with Crippen molar-refractivity contribution in [2.24, 2.45) is 7.05 Å². The number of hydrogen-bond acceptors (Lipinski definition) is 1. The summed E-state index contributed by atoms with van der Waals surface area (Å²) in [6, 6.07) is 0. The molecule has 1 aromatic heterocycles. The SMILES string of the molecule is Cn1cc(C[B-](F)(F)F)cn1. The first-order chi connectivity index (χ1) is 4.97. The van der Waals surface area contributed by atoms with Crippen molar-refractivity contribution >= 4 is 6.98 Å². The Labute approximate surface area is 62.1 Å². The minimum absolute atomic E-state index is 0.222. The first kappa shape index (κ1) is 8.16. The molecule has 0 aliphatic heterocycles. The van der Waals surface area contributed by atoms with Crippen molar-refractivity contribution in [3.05, 3.63) is 18.0 Å². The van der Waals surface area contributed by atoms with Crippen molar-refractivity contribution in [3.8, 4) is 0 Å². The Hall–Kier alpha value is -0.935. The van der Waals surface area contributed by atoms with Gasteiger partial charge >= 0.3 is 6.98 Å². The van der Waals surface area contributed by atoms with Gasteiger partial charge in [-0.3, -0.25) is 4.68 Å². The van der Waals surface area contributed by atoms with Gasteiger partial charge in [-0.15, -0.1) is 0 Å². The van der Waals surface area contributed by atoms with Gasteiger partial charge in [0, 0.05) is 19.4 Å². The van der Waals surface area contributed by atoms with Crippen LogP contribution in [0.4, 0.5) is 12.9 Å². The van der Waals surface area contributed by atoms with Gasteiger partial charge in [0.2, 0.25) is 0 Å². The summed E-state index contributed by atoms with van der Waals surface area (Å²) in [5, 5.41) is 3.63. The Balaban J connectivity index is 2.65. The molecule has 6 heteroatoms. The molecule has 0 aromatic carbocycles. The zero-order valence-electron chi connectivity index (χ0n) is 5.97. The summed E-state index contributed by atoms with van der Waals surface area (Å²) in [5.41, 5.74) is 0.222. The van der Waals surface area contributed by atoms with Crippen LogP contribution in [-0.4, -0.2) is 16.8 Å². The molecule has 0 aliphatic rings. The molecule has 0 N–H and O–H groups in total. The van der Waals surface area contributed by atoms with E-state index in [1.807, 2.05) is 0 Å². The molecular weight excluding hydrogens is 156 g/mol. The second-order valence-electron chi connectivity index (χ2n) is 2.44. The molecule has 0 aliphatic carbocycles. The molecular formula is C5H7BF3N2-. The molecule has 11 heavy (non-hydrogen) atoms. The van der Waals surface area contributed by atoms with Crippen LogP contribution >= 0.6 is 0 Å². The topological polar surface area (TPSA) is 17.8 Å². The lowest BCUT2D eigenvalue weighted by Gasteiger charge is -2.10. The second-order valence-corrected chi connectivity index (χ2v) is 2.44. The fourth-order valence-corrected chi connectivity index (χ4v) is 0.845. The number of aromatic nitrogens is 2. The van der Waals surface area contributed by atoms with E-state index in [0.717, 1.165) is 0 Å². The molecule has 0 fully saturated rings. The lowest BCUT2D eigenvalue weighted by Crippen LogP contribution is -2.18. The highest BCUT2D eigenvalue weighted by molar-refractivity contribution is 6.57. The van der Waals surface area contributed by atoms with Crippen LogP contribution in [0.3, 0.4) is 0 Å². The predicted octanol–water partition coefficient (Wildman–Crippen LogP) is 1.35. The molecule has 1 heterocycles. The van der Waals surface area contributed by atoms with Gasteiger partial charge in [-0.1, -0.05) is 6.32 Å². The minimum atomic E-state index is -4.72. The van der Waals surface area contributed by atoms with Crippen LogP contribution in [0.1, 0.15) is 5.56 Å². The van der Waals surface area contributed by atoms with Crippen LogP contribution in [0.5, 0.6) is 0 Å². The van der Waals surface area contributed by atoms with Gasteiger partial charge in [0.1, 0.15) is 0 Å². The van der Waals surface area contributed by atoms with E-state index in [-0.39, 0.29) is 5.56 Å². The van der Waals surface area contributed by atoms with E-state index in [0.29, 0.717) is 0 Å². The number of halogens is 3. The fourth-order valence-electron chi connectivity index (χ4n) is 0.845. The Morgan fingerprint density at radius 1 is 1.55 bits per heavy atom. The third kappa shape index (κ3) is 2.65. The summed E-state index contributed by atoms with van der Waals surface area (Å²) in [7, 11) is 1.59. The molecule has 0 amide bonds. The third-order valence-electron chi connectivity index (χ3n) is 1.23. The molecule has 1 aromatic rings. The quantitative estimate of drug-likeness (QED) is 0.601. The number of rotatable bonds is 2. The Morgan fingerprint density at radius 2 is 2.18 bits per heavy atom. The molecule has 0 radical (unpaired) electrons. The Bertz CT molecular complexity index is 242. The van der Waals surface area contributed by atoms with Crippen LogP contribution in [-0.2, 0) is 13.4 Å². The summed E-state index contributed by atoms with van der Waals surface area (Å²) in [6.45, 7) is -4.72. The van der Waals surface area contributed by atoms with E-state index in [9.17, 15) is 12.9 Å². The van der Waals surface area contributed by atoms with Gasteiger partial charge in [0.05, 0.1) is 0 Å². The van der Waals surface area contributed by atoms with E-state index < -0.39 is 13.3 Å². The maximum atomic E-state index is 11.8. The zero-order valence-corrected chi connectivity index (χ0v) is 5.97. The van der Waals surface area contributed by atoms with Crippen molar-refractivity contribution < 1.29 is 12.9 Å². The van der Waals surface area contributed by atoms with E-state index in [1.165, 1.54) is 17.1 Å². The van der Waals surface area contributed by atoms with Crippen molar-refractivity contribution in [1.29, 1.82) is 0 Å². The van der Waals surface area contributed by atoms with Crippen molar-refractivity contribution in [1.82, 2.24) is 9.78 Å². The number of nitrogens with zero attached hydrogens (tertiary/aromatic N) is 2. The predicted molar refractivity (Wildman–Crippen MR) is 36.0 cm³/mol. The average Bonchev–Trinajstić information content (AvgIpc) is 2.10. The largest absolute Gasteiger partial charge is 0.482 e. The van der Waals surface area contributed by atoms with Gasteiger partial charge in [-0.2, -0.15) is 5.10 Å². The molecule has 1 rings (SSSR count). The van der Waals surface area contributed by atoms with Gasteiger partial charge in [0.15, 0.2) is 0 Å². The first-order valence-corrected chi connectivity index (χ1v) is 3.16. The van der Waals surface area contributed by atoms with Crippen molar-refractivity contribution in [2.45, 2.75) is 6.32 Å². The second kappa shape index (κ2) is 2.60. The lowest BCUT2D eigenvalue weighted by atomic mass is 9.83. The molecule has 0 atom stereocenters. The average molecular weight is 163 g/mol. The normalized spacial score (nSPS) is 12.0. The smallest absolute Gasteiger partial charge is 0.449 e. The van der Waals surface area contributed by atoms with Crippen LogP contribution in [0.25, 0.3) is 0 Å². The lowest BCUT2D eigenvalue weighted by molar-refractivity contribution is 0.468. The number of aryl methyl sites for hydroxylation is 1. The summed E-state index contributed by atoms with van der Waals surface area (Å²) in [5.74, 6) is 0. The van der Waals surface area contributed by atoms with E-state index in [4.69, 9.17) is 0 Å². The monoisotopic (exact) mass is 163 g/mol. The standard InChI is InChI=1S/C5H7BF3N2/c1-11-4-5(3-10-11)2-6(7,8)9/h3-4H,2H2,1H3/q-1. The molecule has 0 spiro atoms. The van der Waals surface area contributed by atoms with E-state index in [2.05, 4.69) is 5.10 Å². The highest BCUT2D eigenvalue weighted by Gasteiger charge is 2.23. The molecule has 62 valence electrons. The zero-order chi connectivity index (χ0) is 8.48. The van der Waals surface area contributed by atoms with Gasteiger partial charge in [0.25, 0.3) is 0 Å². The van der Waals surface area contributed by atoms with E-state index >= 15 is 0 Å². The van der Waals surface area contributed by atoms with E-state index in [1.54, 1.807) is 7.05 Å². The highest BCUT2D eigenvalue weighted by atomic mass is 19.4. The van der Waals surface area contributed by atoms with Crippen molar-refractivity contribution in [2.75, 3.05) is 0 Å². The van der Waals surface area contributed by atoms with Gasteiger partial charge in [-0.25, -0.2) is 0 Å². The summed E-state index contributed by atoms with van der Waals surface area (Å²) < 4.78 is 36.7. The molecule has 2 nitrogen and oxygen atoms in total. The van der Waals surface area contributed by atoms with Crippen LogP contribution in [0, 0.1) is 0 Å².